The van der Waals surface area contributed by atoms with Crippen LogP contribution in [0.4, 0.5) is 0 Å². The number of ether oxygens (including phenoxy) is 1. The van der Waals surface area contributed by atoms with Crippen molar-refractivity contribution >= 4 is 5.97 Å². The summed E-state index contributed by atoms with van der Waals surface area (Å²) in [4.78, 5) is 11.1. The zero-order chi connectivity index (χ0) is 11.5. The molecule has 1 N–H and O–H groups in total. The van der Waals surface area contributed by atoms with Gasteiger partial charge in [-0.3, -0.25) is 4.79 Å². The first-order chi connectivity index (χ1) is 7.72. The van der Waals surface area contributed by atoms with Gasteiger partial charge in [-0.25, -0.2) is 0 Å². The highest BCUT2D eigenvalue weighted by atomic mass is 16.5. The molecule has 0 radical (unpaired) electrons. The Kier molecular flexibility index (Phi) is 3.25. The number of carbonyl (C=O) groups excluding carboxylic acids is 1. The molecule has 1 aromatic carbocycles. The largest absolute Gasteiger partial charge is 0.469 e. The van der Waals surface area contributed by atoms with Gasteiger partial charge in [0.2, 0.25) is 0 Å². The SMILES string of the molecule is COC(=O)CC(O)C1CCc2ccccc21. The highest BCUT2D eigenvalue weighted by molar-refractivity contribution is 5.70. The summed E-state index contributed by atoms with van der Waals surface area (Å²) in [6, 6.07) is 8.10. The molecule has 16 heavy (non-hydrogen) atoms. The zero-order valence-corrected chi connectivity index (χ0v) is 9.35. The minimum Gasteiger partial charge on any atom is -0.469 e. The average molecular weight is 220 g/mol. The molecule has 3 heteroatoms. The molecule has 2 atom stereocenters. The molecule has 0 fully saturated rings. The van der Waals surface area contributed by atoms with Gasteiger partial charge in [-0.05, 0) is 24.0 Å². The van der Waals surface area contributed by atoms with Crippen molar-refractivity contribution in [2.75, 3.05) is 7.11 Å². The highest BCUT2D eigenvalue weighted by Crippen LogP contribution is 2.36. The van der Waals surface area contributed by atoms with Crippen LogP contribution in [0.25, 0.3) is 0 Å². The molecule has 3 nitrogen and oxygen atoms in total. The normalized spacial score (nSPS) is 20.2. The van der Waals surface area contributed by atoms with E-state index >= 15 is 0 Å². The smallest absolute Gasteiger partial charge is 0.308 e. The minimum atomic E-state index is -0.629. The monoisotopic (exact) mass is 220 g/mol. The lowest BCUT2D eigenvalue weighted by atomic mass is 9.93. The number of carbonyl (C=O) groups is 1. The van der Waals surface area contributed by atoms with Gasteiger partial charge in [0.15, 0.2) is 0 Å². The summed E-state index contributed by atoms with van der Waals surface area (Å²) in [6.07, 6.45) is 1.35. The van der Waals surface area contributed by atoms with Gasteiger partial charge < -0.3 is 9.84 Å². The zero-order valence-electron chi connectivity index (χ0n) is 9.35. The first-order valence-electron chi connectivity index (χ1n) is 5.55. The first-order valence-corrected chi connectivity index (χ1v) is 5.55. The third kappa shape index (κ3) is 2.09. The van der Waals surface area contributed by atoms with Gasteiger partial charge in [0.25, 0.3) is 0 Å². The fourth-order valence-corrected chi connectivity index (χ4v) is 2.39. The number of aliphatic hydroxyl groups is 1. The summed E-state index contributed by atoms with van der Waals surface area (Å²) >= 11 is 0. The van der Waals surface area contributed by atoms with Gasteiger partial charge in [0.1, 0.15) is 0 Å². The quantitative estimate of drug-likeness (QED) is 0.788. The summed E-state index contributed by atoms with van der Waals surface area (Å²) in [5, 5.41) is 10.00. The Hall–Kier alpha value is -1.35. The lowest BCUT2D eigenvalue weighted by molar-refractivity contribution is -0.143. The lowest BCUT2D eigenvalue weighted by Gasteiger charge is -2.17. The Bertz CT molecular complexity index is 387. The summed E-state index contributed by atoms with van der Waals surface area (Å²) in [5.74, 6) is -0.271. The van der Waals surface area contributed by atoms with Crippen molar-refractivity contribution in [3.05, 3.63) is 35.4 Å². The van der Waals surface area contributed by atoms with Gasteiger partial charge in [-0.1, -0.05) is 24.3 Å². The van der Waals surface area contributed by atoms with Crippen LogP contribution in [0.3, 0.4) is 0 Å². The molecule has 86 valence electrons. The highest BCUT2D eigenvalue weighted by Gasteiger charge is 2.29. The van der Waals surface area contributed by atoms with Crippen LogP contribution in [0.1, 0.15) is 29.9 Å². The summed E-state index contributed by atoms with van der Waals surface area (Å²) in [7, 11) is 1.34. The van der Waals surface area contributed by atoms with Crippen LogP contribution >= 0.6 is 0 Å². The van der Waals surface area contributed by atoms with E-state index in [1.54, 1.807) is 0 Å². The topological polar surface area (TPSA) is 46.5 Å². The predicted molar refractivity (Wildman–Crippen MR) is 60.1 cm³/mol. The Balaban J connectivity index is 2.10. The molecular formula is C13H16O3. The molecule has 0 saturated carbocycles. The molecule has 1 aliphatic carbocycles. The molecular weight excluding hydrogens is 204 g/mol. The molecule has 0 spiro atoms. The van der Waals surface area contributed by atoms with Gasteiger partial charge in [0.05, 0.1) is 19.6 Å². The molecule has 0 saturated heterocycles. The fraction of sp³-hybridized carbons (Fsp3) is 0.462. The summed E-state index contributed by atoms with van der Waals surface area (Å²) in [6.45, 7) is 0. The van der Waals surface area contributed by atoms with Gasteiger partial charge >= 0.3 is 5.97 Å². The first kappa shape index (κ1) is 11.1. The van der Waals surface area contributed by atoms with E-state index in [0.717, 1.165) is 12.8 Å². The second-order valence-corrected chi connectivity index (χ2v) is 4.19. The van der Waals surface area contributed by atoms with Crippen LogP contribution in [0.5, 0.6) is 0 Å². The number of hydrogen-bond acceptors (Lipinski definition) is 3. The van der Waals surface area contributed by atoms with Crippen molar-refractivity contribution in [1.29, 1.82) is 0 Å². The molecule has 2 rings (SSSR count). The van der Waals surface area contributed by atoms with Crippen LogP contribution in [-0.2, 0) is 16.0 Å². The van der Waals surface area contributed by atoms with Crippen molar-refractivity contribution in [2.45, 2.75) is 31.3 Å². The Labute approximate surface area is 95.0 Å². The molecule has 2 unspecified atom stereocenters. The van der Waals surface area contributed by atoms with Gasteiger partial charge in [-0.2, -0.15) is 0 Å². The molecule has 0 aliphatic heterocycles. The van der Waals surface area contributed by atoms with Crippen LogP contribution in [0.15, 0.2) is 24.3 Å². The van der Waals surface area contributed by atoms with Crippen LogP contribution in [-0.4, -0.2) is 24.3 Å². The van der Waals surface area contributed by atoms with Crippen molar-refractivity contribution < 1.29 is 14.6 Å². The maximum absolute atomic E-state index is 11.1. The Morgan fingerprint density at radius 1 is 1.56 bits per heavy atom. The van der Waals surface area contributed by atoms with Gasteiger partial charge in [0, 0.05) is 5.92 Å². The predicted octanol–water partition coefficient (Wildman–Crippen LogP) is 1.64. The van der Waals surface area contributed by atoms with Crippen molar-refractivity contribution in [1.82, 2.24) is 0 Å². The van der Waals surface area contributed by atoms with E-state index in [9.17, 15) is 9.90 Å². The number of methoxy groups -OCH3 is 1. The van der Waals surface area contributed by atoms with Crippen molar-refractivity contribution in [3.63, 3.8) is 0 Å². The van der Waals surface area contributed by atoms with Crippen LogP contribution in [0, 0.1) is 0 Å². The number of aliphatic hydroxyl groups excluding tert-OH is 1. The van der Waals surface area contributed by atoms with E-state index in [2.05, 4.69) is 10.8 Å². The molecule has 0 amide bonds. The maximum Gasteiger partial charge on any atom is 0.308 e. The standard InChI is InChI=1S/C13H16O3/c1-16-13(15)8-12(14)11-7-6-9-4-2-3-5-10(9)11/h2-5,11-12,14H,6-8H2,1H3. The van der Waals surface area contributed by atoms with Crippen molar-refractivity contribution in [2.24, 2.45) is 0 Å². The lowest BCUT2D eigenvalue weighted by Crippen LogP contribution is -2.21. The number of hydrogen-bond donors (Lipinski definition) is 1. The molecule has 0 aromatic heterocycles. The second kappa shape index (κ2) is 4.66. The number of aryl methyl sites for hydroxylation is 1. The molecule has 1 aromatic rings. The number of esters is 1. The fourth-order valence-electron chi connectivity index (χ4n) is 2.39. The number of fused-ring (bicyclic) bond motifs is 1. The third-order valence-electron chi connectivity index (χ3n) is 3.25. The van der Waals surface area contributed by atoms with E-state index < -0.39 is 6.10 Å². The van der Waals surface area contributed by atoms with E-state index in [4.69, 9.17) is 0 Å². The second-order valence-electron chi connectivity index (χ2n) is 4.19. The van der Waals surface area contributed by atoms with E-state index in [0.29, 0.717) is 0 Å². The molecule has 1 aliphatic rings. The van der Waals surface area contributed by atoms with Gasteiger partial charge in [-0.15, -0.1) is 0 Å². The molecule has 0 bridgehead atoms. The number of benzene rings is 1. The Morgan fingerprint density at radius 3 is 3.06 bits per heavy atom. The Morgan fingerprint density at radius 2 is 2.31 bits per heavy atom. The minimum absolute atomic E-state index is 0.0789. The maximum atomic E-state index is 11.1. The van der Waals surface area contributed by atoms with Crippen LogP contribution < -0.4 is 0 Å². The van der Waals surface area contributed by atoms with E-state index in [1.807, 2.05) is 18.2 Å². The van der Waals surface area contributed by atoms with E-state index in [-0.39, 0.29) is 18.3 Å². The third-order valence-corrected chi connectivity index (χ3v) is 3.25. The van der Waals surface area contributed by atoms with Crippen LogP contribution in [0.2, 0.25) is 0 Å². The van der Waals surface area contributed by atoms with Crippen molar-refractivity contribution in [3.8, 4) is 0 Å². The summed E-state index contributed by atoms with van der Waals surface area (Å²) in [5.41, 5.74) is 2.47. The molecule has 0 heterocycles. The number of rotatable bonds is 3. The summed E-state index contributed by atoms with van der Waals surface area (Å²) < 4.78 is 4.57. The van der Waals surface area contributed by atoms with E-state index in [1.165, 1.54) is 18.2 Å². The average Bonchev–Trinajstić information content (AvgIpc) is 2.72.